The zero-order valence-electron chi connectivity index (χ0n) is 8.85. The Kier molecular flexibility index (Phi) is 2.83. The Morgan fingerprint density at radius 1 is 1.27 bits per heavy atom. The molecule has 15 heavy (non-hydrogen) atoms. The fraction of sp³-hybridized carbons (Fsp3) is 0.250. The van der Waals surface area contributed by atoms with Crippen molar-refractivity contribution < 1.29 is 0 Å². The fourth-order valence-corrected chi connectivity index (χ4v) is 1.62. The van der Waals surface area contributed by atoms with E-state index < -0.39 is 0 Å². The number of aryl methyl sites for hydroxylation is 1. The van der Waals surface area contributed by atoms with Gasteiger partial charge >= 0.3 is 0 Å². The van der Waals surface area contributed by atoms with Gasteiger partial charge in [-0.2, -0.15) is 0 Å². The molecule has 0 aliphatic carbocycles. The Labute approximate surface area is 89.6 Å². The Hall–Kier alpha value is -1.61. The standard InChI is InChI=1S/C12H15N3/c1-2-12-14-7-8-15(12)11-5-3-10(9-13)4-6-11/h3-8H,2,9,13H2,1H3. The maximum atomic E-state index is 5.56. The fourth-order valence-electron chi connectivity index (χ4n) is 1.62. The molecule has 0 amide bonds. The van der Waals surface area contributed by atoms with E-state index in [-0.39, 0.29) is 0 Å². The first-order valence-corrected chi connectivity index (χ1v) is 5.16. The van der Waals surface area contributed by atoms with Crippen LogP contribution in [0.4, 0.5) is 0 Å². The van der Waals surface area contributed by atoms with Crippen LogP contribution in [-0.2, 0) is 13.0 Å². The molecule has 0 fully saturated rings. The number of nitrogens with zero attached hydrogens (tertiary/aromatic N) is 2. The van der Waals surface area contributed by atoms with E-state index >= 15 is 0 Å². The summed E-state index contributed by atoms with van der Waals surface area (Å²) in [5, 5.41) is 0. The molecule has 0 atom stereocenters. The highest BCUT2D eigenvalue weighted by atomic mass is 15.1. The summed E-state index contributed by atoms with van der Waals surface area (Å²) in [6.45, 7) is 2.69. The lowest BCUT2D eigenvalue weighted by Crippen LogP contribution is -2.00. The van der Waals surface area contributed by atoms with Crippen molar-refractivity contribution in [2.24, 2.45) is 5.73 Å². The lowest BCUT2D eigenvalue weighted by Gasteiger charge is -2.06. The Bertz CT molecular complexity index is 428. The Morgan fingerprint density at radius 2 is 2.00 bits per heavy atom. The number of imidazole rings is 1. The molecule has 0 bridgehead atoms. The van der Waals surface area contributed by atoms with Crippen LogP contribution in [0.5, 0.6) is 0 Å². The van der Waals surface area contributed by atoms with Gasteiger partial charge in [-0.1, -0.05) is 19.1 Å². The highest BCUT2D eigenvalue weighted by Crippen LogP contribution is 2.12. The lowest BCUT2D eigenvalue weighted by molar-refractivity contribution is 0.890. The molecule has 0 spiro atoms. The van der Waals surface area contributed by atoms with Gasteiger partial charge < -0.3 is 10.3 Å². The predicted molar refractivity (Wildman–Crippen MR) is 60.8 cm³/mol. The molecule has 0 aliphatic heterocycles. The zero-order valence-corrected chi connectivity index (χ0v) is 8.85. The van der Waals surface area contributed by atoms with Crippen LogP contribution in [0.1, 0.15) is 18.3 Å². The summed E-state index contributed by atoms with van der Waals surface area (Å²) in [6, 6.07) is 8.25. The second-order valence-electron chi connectivity index (χ2n) is 3.44. The number of hydrogen-bond acceptors (Lipinski definition) is 2. The summed E-state index contributed by atoms with van der Waals surface area (Å²) in [7, 11) is 0. The molecule has 1 heterocycles. The van der Waals surface area contributed by atoms with E-state index in [2.05, 4.69) is 40.7 Å². The number of aromatic nitrogens is 2. The molecular weight excluding hydrogens is 186 g/mol. The summed E-state index contributed by atoms with van der Waals surface area (Å²) in [4.78, 5) is 4.29. The molecule has 3 nitrogen and oxygen atoms in total. The number of nitrogens with two attached hydrogens (primary N) is 1. The van der Waals surface area contributed by atoms with Gasteiger partial charge in [0.2, 0.25) is 0 Å². The molecule has 0 radical (unpaired) electrons. The van der Waals surface area contributed by atoms with Gasteiger partial charge in [0, 0.05) is 31.0 Å². The van der Waals surface area contributed by atoms with Gasteiger partial charge in [0.05, 0.1) is 0 Å². The molecule has 2 aromatic rings. The second kappa shape index (κ2) is 4.28. The highest BCUT2D eigenvalue weighted by molar-refractivity contribution is 5.35. The minimum absolute atomic E-state index is 0.588. The second-order valence-corrected chi connectivity index (χ2v) is 3.44. The van der Waals surface area contributed by atoms with Crippen LogP contribution in [0.2, 0.25) is 0 Å². The Morgan fingerprint density at radius 3 is 2.60 bits per heavy atom. The molecule has 0 saturated heterocycles. The molecule has 78 valence electrons. The van der Waals surface area contributed by atoms with Crippen molar-refractivity contribution in [3.63, 3.8) is 0 Å². The van der Waals surface area contributed by atoms with Crippen LogP contribution in [0, 0.1) is 0 Å². The zero-order chi connectivity index (χ0) is 10.7. The predicted octanol–water partition coefficient (Wildman–Crippen LogP) is 1.89. The summed E-state index contributed by atoms with van der Waals surface area (Å²) >= 11 is 0. The number of benzene rings is 1. The Balaban J connectivity index is 2.37. The molecular formula is C12H15N3. The van der Waals surface area contributed by atoms with Crippen LogP contribution >= 0.6 is 0 Å². The van der Waals surface area contributed by atoms with Crippen molar-refractivity contribution in [2.75, 3.05) is 0 Å². The van der Waals surface area contributed by atoms with Crippen LogP contribution in [0.15, 0.2) is 36.7 Å². The third-order valence-corrected chi connectivity index (χ3v) is 2.48. The van der Waals surface area contributed by atoms with E-state index in [0.29, 0.717) is 6.54 Å². The third kappa shape index (κ3) is 1.92. The van der Waals surface area contributed by atoms with Crippen molar-refractivity contribution in [1.29, 1.82) is 0 Å². The van der Waals surface area contributed by atoms with E-state index in [9.17, 15) is 0 Å². The maximum absolute atomic E-state index is 5.56. The third-order valence-electron chi connectivity index (χ3n) is 2.48. The topological polar surface area (TPSA) is 43.8 Å². The first kappa shape index (κ1) is 9.93. The minimum Gasteiger partial charge on any atom is -0.326 e. The van der Waals surface area contributed by atoms with E-state index in [1.54, 1.807) is 0 Å². The van der Waals surface area contributed by atoms with Gasteiger partial charge in [-0.25, -0.2) is 4.98 Å². The average Bonchev–Trinajstić information content (AvgIpc) is 2.77. The first-order valence-electron chi connectivity index (χ1n) is 5.16. The number of hydrogen-bond donors (Lipinski definition) is 1. The molecule has 3 heteroatoms. The summed E-state index contributed by atoms with van der Waals surface area (Å²) in [6.07, 6.45) is 4.75. The lowest BCUT2D eigenvalue weighted by atomic mass is 10.2. The van der Waals surface area contributed by atoms with E-state index in [0.717, 1.165) is 23.5 Å². The van der Waals surface area contributed by atoms with Gasteiger partial charge in [-0.15, -0.1) is 0 Å². The monoisotopic (exact) mass is 201 g/mol. The van der Waals surface area contributed by atoms with E-state index in [4.69, 9.17) is 5.73 Å². The molecule has 1 aromatic carbocycles. The van der Waals surface area contributed by atoms with Gasteiger partial charge in [-0.05, 0) is 17.7 Å². The minimum atomic E-state index is 0.588. The van der Waals surface area contributed by atoms with Gasteiger partial charge in [-0.3, -0.25) is 0 Å². The highest BCUT2D eigenvalue weighted by Gasteiger charge is 2.01. The van der Waals surface area contributed by atoms with Crippen molar-refractivity contribution in [1.82, 2.24) is 9.55 Å². The summed E-state index contributed by atoms with van der Waals surface area (Å²) in [5.41, 5.74) is 7.85. The molecule has 2 N–H and O–H groups in total. The SMILES string of the molecule is CCc1nccn1-c1ccc(CN)cc1. The van der Waals surface area contributed by atoms with Crippen molar-refractivity contribution in [3.05, 3.63) is 48.0 Å². The van der Waals surface area contributed by atoms with Crippen molar-refractivity contribution in [3.8, 4) is 5.69 Å². The van der Waals surface area contributed by atoms with Gasteiger partial charge in [0.1, 0.15) is 5.82 Å². The van der Waals surface area contributed by atoms with Crippen LogP contribution in [-0.4, -0.2) is 9.55 Å². The van der Waals surface area contributed by atoms with Crippen LogP contribution in [0.3, 0.4) is 0 Å². The quantitative estimate of drug-likeness (QED) is 0.824. The largest absolute Gasteiger partial charge is 0.326 e. The molecule has 0 saturated carbocycles. The van der Waals surface area contributed by atoms with E-state index in [1.807, 2.05) is 12.4 Å². The average molecular weight is 201 g/mol. The van der Waals surface area contributed by atoms with E-state index in [1.165, 1.54) is 0 Å². The first-order chi connectivity index (χ1) is 7.35. The van der Waals surface area contributed by atoms with Crippen molar-refractivity contribution in [2.45, 2.75) is 19.9 Å². The summed E-state index contributed by atoms with van der Waals surface area (Å²) in [5.74, 6) is 1.08. The van der Waals surface area contributed by atoms with Gasteiger partial charge in [0.25, 0.3) is 0 Å². The molecule has 2 rings (SSSR count). The maximum Gasteiger partial charge on any atom is 0.112 e. The normalized spacial score (nSPS) is 10.5. The summed E-state index contributed by atoms with van der Waals surface area (Å²) < 4.78 is 2.10. The molecule has 0 aliphatic rings. The number of rotatable bonds is 3. The molecule has 1 aromatic heterocycles. The smallest absolute Gasteiger partial charge is 0.112 e. The molecule has 0 unspecified atom stereocenters. The van der Waals surface area contributed by atoms with Crippen LogP contribution < -0.4 is 5.73 Å². The van der Waals surface area contributed by atoms with Gasteiger partial charge in [0.15, 0.2) is 0 Å². The van der Waals surface area contributed by atoms with Crippen molar-refractivity contribution >= 4 is 0 Å². The van der Waals surface area contributed by atoms with Crippen LogP contribution in [0.25, 0.3) is 5.69 Å².